The first-order chi connectivity index (χ1) is 16.8. The molecule has 0 atom stereocenters. The van der Waals surface area contributed by atoms with Gasteiger partial charge in [-0.15, -0.1) is 0 Å². The third-order valence-corrected chi connectivity index (χ3v) is 6.11. The van der Waals surface area contributed by atoms with Crippen LogP contribution in [-0.2, 0) is 13.2 Å². The lowest BCUT2D eigenvalue weighted by Crippen LogP contribution is -2.12. The number of benzene rings is 2. The van der Waals surface area contributed by atoms with Crippen molar-refractivity contribution in [1.29, 1.82) is 0 Å². The molecule has 6 rings (SSSR count). The molecular formula is C26H16F3N5O. The van der Waals surface area contributed by atoms with E-state index in [4.69, 9.17) is 4.98 Å². The number of fused-ring (bicyclic) bond motifs is 4. The van der Waals surface area contributed by atoms with Crippen molar-refractivity contribution in [2.45, 2.75) is 6.18 Å². The molecule has 0 saturated heterocycles. The summed E-state index contributed by atoms with van der Waals surface area (Å²) >= 11 is 0. The number of hydrogen-bond donors (Lipinski definition) is 1. The van der Waals surface area contributed by atoms with Crippen molar-refractivity contribution in [3.8, 4) is 22.4 Å². The summed E-state index contributed by atoms with van der Waals surface area (Å²) in [6, 6.07) is 15.8. The van der Waals surface area contributed by atoms with Gasteiger partial charge in [-0.1, -0.05) is 18.2 Å². The average molecular weight is 471 g/mol. The number of alkyl halides is 3. The van der Waals surface area contributed by atoms with Crippen LogP contribution in [-0.4, -0.2) is 24.5 Å². The number of hydrogen-bond acceptors (Lipinski definition) is 4. The molecule has 0 aliphatic carbocycles. The number of aromatic nitrogens is 5. The van der Waals surface area contributed by atoms with Crippen LogP contribution in [0.3, 0.4) is 0 Å². The number of nitrogens with zero attached hydrogens (tertiary/aromatic N) is 4. The molecule has 0 spiro atoms. The molecule has 4 heterocycles. The minimum Gasteiger partial charge on any atom is -0.305 e. The third kappa shape index (κ3) is 3.43. The van der Waals surface area contributed by atoms with Gasteiger partial charge in [-0.2, -0.15) is 13.2 Å². The Hall–Kier alpha value is -4.53. The van der Waals surface area contributed by atoms with Gasteiger partial charge >= 0.3 is 11.9 Å². The Kier molecular flexibility index (Phi) is 4.50. The molecule has 4 aromatic heterocycles. The Labute approximate surface area is 195 Å². The van der Waals surface area contributed by atoms with Crippen LogP contribution in [0.5, 0.6) is 0 Å². The fourth-order valence-corrected chi connectivity index (χ4v) is 4.36. The largest absolute Gasteiger partial charge is 0.417 e. The summed E-state index contributed by atoms with van der Waals surface area (Å²) < 4.78 is 41.1. The molecule has 35 heavy (non-hydrogen) atoms. The summed E-state index contributed by atoms with van der Waals surface area (Å²) in [5.41, 5.74) is 3.76. The SMILES string of the molecule is Cn1c(=O)[nH]c2c3cc(-c4cncc(C(F)(F)F)c4)ccc3nc(-c3ccc4ncccc4c3)c21. The molecule has 6 aromatic rings. The van der Waals surface area contributed by atoms with Gasteiger partial charge in [-0.25, -0.2) is 9.78 Å². The molecule has 0 bridgehead atoms. The molecule has 0 amide bonds. The topological polar surface area (TPSA) is 76.5 Å². The smallest absolute Gasteiger partial charge is 0.305 e. The normalized spacial score (nSPS) is 12.1. The van der Waals surface area contributed by atoms with Gasteiger partial charge in [0.05, 0.1) is 33.3 Å². The van der Waals surface area contributed by atoms with E-state index in [0.29, 0.717) is 38.8 Å². The molecule has 0 aliphatic heterocycles. The summed E-state index contributed by atoms with van der Waals surface area (Å²) in [5.74, 6) is 0. The Balaban J connectivity index is 1.60. The van der Waals surface area contributed by atoms with Gasteiger partial charge in [0.15, 0.2) is 0 Å². The van der Waals surface area contributed by atoms with E-state index in [1.165, 1.54) is 10.8 Å². The lowest BCUT2D eigenvalue weighted by atomic mass is 10.0. The van der Waals surface area contributed by atoms with Crippen LogP contribution in [0.15, 0.2) is 78.0 Å². The highest BCUT2D eigenvalue weighted by Crippen LogP contribution is 2.35. The highest BCUT2D eigenvalue weighted by atomic mass is 19.4. The van der Waals surface area contributed by atoms with Crippen molar-refractivity contribution in [3.05, 3.63) is 89.2 Å². The van der Waals surface area contributed by atoms with E-state index >= 15 is 0 Å². The number of aryl methyl sites for hydroxylation is 1. The number of rotatable bonds is 2. The van der Waals surface area contributed by atoms with Gasteiger partial charge in [0.1, 0.15) is 0 Å². The zero-order valence-electron chi connectivity index (χ0n) is 18.3. The molecule has 2 aromatic carbocycles. The van der Waals surface area contributed by atoms with Crippen molar-refractivity contribution in [1.82, 2.24) is 24.5 Å². The molecule has 0 unspecified atom stereocenters. The summed E-state index contributed by atoms with van der Waals surface area (Å²) in [6.45, 7) is 0. The minimum absolute atomic E-state index is 0.316. The zero-order valence-corrected chi connectivity index (χ0v) is 18.3. The second kappa shape index (κ2) is 7.49. The first kappa shape index (κ1) is 21.0. The number of halogens is 3. The molecule has 172 valence electrons. The van der Waals surface area contributed by atoms with Crippen molar-refractivity contribution in [2.24, 2.45) is 7.05 Å². The minimum atomic E-state index is -4.50. The number of imidazole rings is 1. The lowest BCUT2D eigenvalue weighted by molar-refractivity contribution is -0.137. The molecule has 0 radical (unpaired) electrons. The van der Waals surface area contributed by atoms with Crippen LogP contribution in [0.4, 0.5) is 13.2 Å². The van der Waals surface area contributed by atoms with Crippen LogP contribution in [0, 0.1) is 0 Å². The van der Waals surface area contributed by atoms with E-state index in [0.717, 1.165) is 28.7 Å². The van der Waals surface area contributed by atoms with Gasteiger partial charge in [0.25, 0.3) is 0 Å². The fourth-order valence-electron chi connectivity index (χ4n) is 4.36. The second-order valence-corrected chi connectivity index (χ2v) is 8.28. The predicted molar refractivity (Wildman–Crippen MR) is 128 cm³/mol. The fraction of sp³-hybridized carbons (Fsp3) is 0.0769. The van der Waals surface area contributed by atoms with Crippen LogP contribution in [0.25, 0.3) is 55.2 Å². The van der Waals surface area contributed by atoms with Crippen LogP contribution in [0.1, 0.15) is 5.56 Å². The number of H-pyrrole nitrogens is 1. The number of nitrogens with one attached hydrogen (secondary N) is 1. The Morgan fingerprint density at radius 1 is 0.914 bits per heavy atom. The average Bonchev–Trinajstić information content (AvgIpc) is 3.17. The van der Waals surface area contributed by atoms with Crippen molar-refractivity contribution in [3.63, 3.8) is 0 Å². The summed E-state index contributed by atoms with van der Waals surface area (Å²) in [4.78, 5) is 28.5. The lowest BCUT2D eigenvalue weighted by Gasteiger charge is -2.11. The Morgan fingerprint density at radius 2 is 1.71 bits per heavy atom. The highest BCUT2D eigenvalue weighted by Gasteiger charge is 2.31. The first-order valence-corrected chi connectivity index (χ1v) is 10.7. The van der Waals surface area contributed by atoms with E-state index in [1.807, 2.05) is 30.3 Å². The maximum absolute atomic E-state index is 13.2. The van der Waals surface area contributed by atoms with E-state index in [-0.39, 0.29) is 5.69 Å². The summed E-state index contributed by atoms with van der Waals surface area (Å²) in [6.07, 6.45) is -0.595. The first-order valence-electron chi connectivity index (χ1n) is 10.7. The predicted octanol–water partition coefficient (Wildman–Crippen LogP) is 5.71. The molecular weight excluding hydrogens is 455 g/mol. The molecule has 6 nitrogen and oxygen atoms in total. The molecule has 1 N–H and O–H groups in total. The van der Waals surface area contributed by atoms with E-state index in [1.54, 1.807) is 31.4 Å². The van der Waals surface area contributed by atoms with E-state index in [9.17, 15) is 18.0 Å². The zero-order chi connectivity index (χ0) is 24.3. The van der Waals surface area contributed by atoms with Crippen molar-refractivity contribution >= 4 is 32.8 Å². The van der Waals surface area contributed by atoms with E-state index < -0.39 is 11.7 Å². The van der Waals surface area contributed by atoms with Crippen LogP contribution in [0.2, 0.25) is 0 Å². The number of pyridine rings is 3. The van der Waals surface area contributed by atoms with Crippen molar-refractivity contribution in [2.75, 3.05) is 0 Å². The summed E-state index contributed by atoms with van der Waals surface area (Å²) in [7, 11) is 1.65. The standard InChI is InChI=1S/C26H16F3N5O/c1-34-24-22(16-5-6-20-15(9-16)3-2-8-31-20)32-21-7-4-14(11-19(21)23(24)33-25(34)35)17-10-18(13-30-12-17)26(27,28)29/h2-13H,1H3,(H,33,35). The maximum Gasteiger partial charge on any atom is 0.417 e. The molecule has 9 heteroatoms. The van der Waals surface area contributed by atoms with E-state index in [2.05, 4.69) is 15.0 Å². The van der Waals surface area contributed by atoms with Crippen LogP contribution >= 0.6 is 0 Å². The van der Waals surface area contributed by atoms with Gasteiger partial charge in [-0.3, -0.25) is 14.5 Å². The van der Waals surface area contributed by atoms with Gasteiger partial charge in [0.2, 0.25) is 0 Å². The quantitative estimate of drug-likeness (QED) is 0.351. The van der Waals surface area contributed by atoms with Crippen molar-refractivity contribution < 1.29 is 13.2 Å². The van der Waals surface area contributed by atoms with Gasteiger partial charge < -0.3 is 4.98 Å². The molecule has 0 aliphatic rings. The highest BCUT2D eigenvalue weighted by molar-refractivity contribution is 6.09. The second-order valence-electron chi connectivity index (χ2n) is 8.28. The molecule has 0 saturated carbocycles. The third-order valence-electron chi connectivity index (χ3n) is 6.11. The van der Waals surface area contributed by atoms with Gasteiger partial charge in [-0.05, 0) is 42.0 Å². The Morgan fingerprint density at radius 3 is 2.54 bits per heavy atom. The Bertz CT molecular complexity index is 1840. The summed E-state index contributed by atoms with van der Waals surface area (Å²) in [5, 5.41) is 1.56. The number of aromatic amines is 1. The molecule has 0 fully saturated rings. The monoisotopic (exact) mass is 471 g/mol. The maximum atomic E-state index is 13.2. The van der Waals surface area contributed by atoms with Crippen LogP contribution < -0.4 is 5.69 Å². The van der Waals surface area contributed by atoms with Gasteiger partial charge in [0, 0.05) is 47.5 Å².